The highest BCUT2D eigenvalue weighted by atomic mass is 79.9. The zero-order valence-corrected chi connectivity index (χ0v) is 13.9. The Morgan fingerprint density at radius 3 is 2.48 bits per heavy atom. The first kappa shape index (κ1) is 16.0. The number of halogens is 2. The van der Waals surface area contributed by atoms with Gasteiger partial charge < -0.3 is 10.6 Å². The minimum absolute atomic E-state index is 0.145. The molecule has 0 aliphatic heterocycles. The molecule has 0 fully saturated rings. The van der Waals surface area contributed by atoms with Gasteiger partial charge in [0.1, 0.15) is 5.82 Å². The second-order valence-electron chi connectivity index (χ2n) is 5.18. The van der Waals surface area contributed by atoms with Crippen molar-refractivity contribution < 1.29 is 4.39 Å². The molecule has 4 heteroatoms. The molecule has 2 N–H and O–H groups in total. The van der Waals surface area contributed by atoms with Crippen LogP contribution in [0.4, 0.5) is 15.8 Å². The van der Waals surface area contributed by atoms with Crippen LogP contribution in [0, 0.1) is 5.82 Å². The molecular formula is C17H20BrFN2. The standard InChI is InChI=1S/C17H20BrFN2/c1-3-15(20)10-12-4-5-13(18)11-17(12)21(2)16-8-6-14(19)7-9-16/h4-9,11,15H,3,10,20H2,1-2H3. The van der Waals surface area contributed by atoms with E-state index in [1.54, 1.807) is 12.1 Å². The summed E-state index contributed by atoms with van der Waals surface area (Å²) in [6.45, 7) is 2.09. The highest BCUT2D eigenvalue weighted by Gasteiger charge is 2.12. The van der Waals surface area contributed by atoms with E-state index in [2.05, 4.69) is 39.9 Å². The van der Waals surface area contributed by atoms with Gasteiger partial charge in [0.15, 0.2) is 0 Å². The second-order valence-corrected chi connectivity index (χ2v) is 6.10. The third-order valence-electron chi connectivity index (χ3n) is 3.63. The Labute approximate surface area is 133 Å². The van der Waals surface area contributed by atoms with Crippen LogP contribution in [0.15, 0.2) is 46.9 Å². The summed E-state index contributed by atoms with van der Waals surface area (Å²) in [5.74, 6) is -0.227. The summed E-state index contributed by atoms with van der Waals surface area (Å²) in [5, 5.41) is 0. The first-order valence-electron chi connectivity index (χ1n) is 7.04. The maximum absolute atomic E-state index is 13.1. The average Bonchev–Trinajstić information content (AvgIpc) is 2.49. The zero-order valence-electron chi connectivity index (χ0n) is 12.3. The summed E-state index contributed by atoms with van der Waals surface area (Å²) in [7, 11) is 1.98. The van der Waals surface area contributed by atoms with Gasteiger partial charge in [-0.15, -0.1) is 0 Å². The first-order valence-corrected chi connectivity index (χ1v) is 7.84. The number of rotatable bonds is 5. The Morgan fingerprint density at radius 1 is 1.19 bits per heavy atom. The molecule has 0 saturated carbocycles. The zero-order chi connectivity index (χ0) is 15.4. The lowest BCUT2D eigenvalue weighted by Crippen LogP contribution is -2.23. The number of nitrogens with zero attached hydrogens (tertiary/aromatic N) is 1. The first-order chi connectivity index (χ1) is 10.0. The van der Waals surface area contributed by atoms with Gasteiger partial charge in [0.05, 0.1) is 0 Å². The summed E-state index contributed by atoms with van der Waals surface area (Å²) in [6.07, 6.45) is 1.76. The maximum Gasteiger partial charge on any atom is 0.123 e. The summed E-state index contributed by atoms with van der Waals surface area (Å²) in [4.78, 5) is 2.06. The van der Waals surface area contributed by atoms with Crippen molar-refractivity contribution >= 4 is 27.3 Å². The van der Waals surface area contributed by atoms with Crippen LogP contribution < -0.4 is 10.6 Å². The van der Waals surface area contributed by atoms with Gasteiger partial charge in [-0.2, -0.15) is 0 Å². The number of hydrogen-bond donors (Lipinski definition) is 1. The Balaban J connectivity index is 2.36. The van der Waals surface area contributed by atoms with Crippen LogP contribution >= 0.6 is 15.9 Å². The topological polar surface area (TPSA) is 29.3 Å². The van der Waals surface area contributed by atoms with Crippen molar-refractivity contribution in [2.24, 2.45) is 5.73 Å². The van der Waals surface area contributed by atoms with Gasteiger partial charge in [0, 0.05) is 28.9 Å². The molecule has 112 valence electrons. The molecule has 1 unspecified atom stereocenters. The lowest BCUT2D eigenvalue weighted by Gasteiger charge is -2.24. The third kappa shape index (κ3) is 4.05. The van der Waals surface area contributed by atoms with Gasteiger partial charge >= 0.3 is 0 Å². The van der Waals surface area contributed by atoms with E-state index < -0.39 is 0 Å². The van der Waals surface area contributed by atoms with Gasteiger partial charge in [-0.3, -0.25) is 0 Å². The van der Waals surface area contributed by atoms with E-state index in [0.29, 0.717) is 0 Å². The number of hydrogen-bond acceptors (Lipinski definition) is 2. The molecule has 0 heterocycles. The van der Waals surface area contributed by atoms with E-state index in [0.717, 1.165) is 28.7 Å². The molecule has 0 radical (unpaired) electrons. The highest BCUT2D eigenvalue weighted by Crippen LogP contribution is 2.30. The molecule has 1 atom stereocenters. The number of nitrogens with two attached hydrogens (primary N) is 1. The van der Waals surface area contributed by atoms with Gasteiger partial charge in [-0.1, -0.05) is 28.9 Å². The summed E-state index contributed by atoms with van der Waals surface area (Å²) >= 11 is 3.51. The van der Waals surface area contributed by atoms with Gasteiger partial charge in [0.2, 0.25) is 0 Å². The highest BCUT2D eigenvalue weighted by molar-refractivity contribution is 9.10. The molecule has 0 bridgehead atoms. The van der Waals surface area contributed by atoms with Crippen LogP contribution in [0.2, 0.25) is 0 Å². The molecular weight excluding hydrogens is 331 g/mol. The Hall–Kier alpha value is -1.39. The molecule has 0 aliphatic carbocycles. The predicted molar refractivity (Wildman–Crippen MR) is 90.6 cm³/mol. The van der Waals surface area contributed by atoms with Crippen LogP contribution in [-0.2, 0) is 6.42 Å². The molecule has 2 rings (SSSR count). The average molecular weight is 351 g/mol. The van der Waals surface area contributed by atoms with E-state index in [-0.39, 0.29) is 11.9 Å². The molecule has 2 nitrogen and oxygen atoms in total. The number of anilines is 2. The van der Waals surface area contributed by atoms with Crippen molar-refractivity contribution in [2.75, 3.05) is 11.9 Å². The van der Waals surface area contributed by atoms with Crippen LogP contribution in [0.25, 0.3) is 0 Å². The molecule has 21 heavy (non-hydrogen) atoms. The Bertz CT molecular complexity index is 598. The Kier molecular flexibility index (Phi) is 5.37. The van der Waals surface area contributed by atoms with Crippen LogP contribution in [0.5, 0.6) is 0 Å². The smallest absolute Gasteiger partial charge is 0.123 e. The lowest BCUT2D eigenvalue weighted by molar-refractivity contribution is 0.628. The lowest BCUT2D eigenvalue weighted by atomic mass is 10.0. The molecule has 2 aromatic carbocycles. The quantitative estimate of drug-likeness (QED) is 0.851. The molecule has 0 saturated heterocycles. The maximum atomic E-state index is 13.1. The van der Waals surface area contributed by atoms with Crippen LogP contribution in [0.1, 0.15) is 18.9 Å². The van der Waals surface area contributed by atoms with E-state index in [4.69, 9.17) is 5.73 Å². The van der Waals surface area contributed by atoms with Gasteiger partial charge in [0.25, 0.3) is 0 Å². The number of benzene rings is 2. The normalized spacial score (nSPS) is 12.2. The second kappa shape index (κ2) is 7.05. The van der Waals surface area contributed by atoms with Gasteiger partial charge in [-0.25, -0.2) is 4.39 Å². The van der Waals surface area contributed by atoms with Crippen molar-refractivity contribution in [1.82, 2.24) is 0 Å². The largest absolute Gasteiger partial charge is 0.344 e. The van der Waals surface area contributed by atoms with Crippen molar-refractivity contribution in [2.45, 2.75) is 25.8 Å². The van der Waals surface area contributed by atoms with Crippen LogP contribution in [0.3, 0.4) is 0 Å². The van der Waals surface area contributed by atoms with E-state index in [9.17, 15) is 4.39 Å². The fourth-order valence-electron chi connectivity index (χ4n) is 2.25. The van der Waals surface area contributed by atoms with Crippen molar-refractivity contribution in [3.8, 4) is 0 Å². The van der Waals surface area contributed by atoms with E-state index >= 15 is 0 Å². The molecule has 2 aromatic rings. The predicted octanol–water partition coefficient (Wildman–Crippen LogP) is 4.64. The minimum Gasteiger partial charge on any atom is -0.344 e. The van der Waals surface area contributed by atoms with Gasteiger partial charge in [-0.05, 0) is 54.8 Å². The molecule has 0 amide bonds. The molecule has 0 spiro atoms. The van der Waals surface area contributed by atoms with Crippen molar-refractivity contribution in [3.05, 3.63) is 58.3 Å². The fraction of sp³-hybridized carbons (Fsp3) is 0.294. The third-order valence-corrected chi connectivity index (χ3v) is 4.12. The fourth-order valence-corrected chi connectivity index (χ4v) is 2.60. The Morgan fingerprint density at radius 2 is 1.86 bits per heavy atom. The molecule has 0 aromatic heterocycles. The van der Waals surface area contributed by atoms with E-state index in [1.165, 1.54) is 17.7 Å². The van der Waals surface area contributed by atoms with E-state index in [1.807, 2.05) is 13.1 Å². The summed E-state index contributed by atoms with van der Waals surface area (Å²) in [5.41, 5.74) is 9.31. The SMILES string of the molecule is CCC(N)Cc1ccc(Br)cc1N(C)c1ccc(F)cc1. The van der Waals surface area contributed by atoms with Crippen molar-refractivity contribution in [3.63, 3.8) is 0 Å². The minimum atomic E-state index is -0.227. The monoisotopic (exact) mass is 350 g/mol. The van der Waals surface area contributed by atoms with Crippen molar-refractivity contribution in [1.29, 1.82) is 0 Å². The van der Waals surface area contributed by atoms with Crippen LogP contribution in [-0.4, -0.2) is 13.1 Å². The summed E-state index contributed by atoms with van der Waals surface area (Å²) in [6, 6.07) is 12.8. The summed E-state index contributed by atoms with van der Waals surface area (Å²) < 4.78 is 14.1. The molecule has 0 aliphatic rings.